The molecule has 0 amide bonds. The molecule has 2 aromatic heterocycles. The van der Waals surface area contributed by atoms with Gasteiger partial charge in [-0.1, -0.05) is 176 Å². The summed E-state index contributed by atoms with van der Waals surface area (Å²) in [7, 11) is 0. The van der Waals surface area contributed by atoms with Crippen LogP contribution in [-0.2, 0) is 0 Å². The van der Waals surface area contributed by atoms with E-state index in [9.17, 15) is 0 Å². The van der Waals surface area contributed by atoms with Crippen molar-refractivity contribution in [3.63, 3.8) is 0 Å². The number of hydrogen-bond acceptors (Lipinski definition) is 4. The first-order valence-corrected chi connectivity index (χ1v) is 19.8. The van der Waals surface area contributed by atoms with E-state index in [0.29, 0.717) is 17.5 Å². The third-order valence-corrected chi connectivity index (χ3v) is 11.1. The minimum Gasteiger partial charge on any atom is -0.456 e. The van der Waals surface area contributed by atoms with Gasteiger partial charge >= 0.3 is 0 Å². The summed E-state index contributed by atoms with van der Waals surface area (Å²) >= 11 is 0. The quantitative estimate of drug-likeness (QED) is 0.163. The van der Waals surface area contributed by atoms with Gasteiger partial charge in [-0.25, -0.2) is 15.0 Å². The first kappa shape index (κ1) is 34.3. The van der Waals surface area contributed by atoms with Crippen molar-refractivity contribution in [2.24, 2.45) is 0 Å². The van der Waals surface area contributed by atoms with Crippen molar-refractivity contribution >= 4 is 32.7 Å². The number of aromatic nitrogens is 3. The van der Waals surface area contributed by atoms with E-state index in [1.54, 1.807) is 0 Å². The molecule has 276 valence electrons. The zero-order valence-electron chi connectivity index (χ0n) is 32.0. The summed E-state index contributed by atoms with van der Waals surface area (Å²) in [5, 5.41) is 4.62. The van der Waals surface area contributed by atoms with Gasteiger partial charge in [0.25, 0.3) is 0 Å². The molecule has 59 heavy (non-hydrogen) atoms. The van der Waals surface area contributed by atoms with E-state index in [1.165, 1.54) is 16.3 Å². The van der Waals surface area contributed by atoms with Crippen molar-refractivity contribution in [1.82, 2.24) is 15.0 Å². The zero-order valence-corrected chi connectivity index (χ0v) is 32.0. The summed E-state index contributed by atoms with van der Waals surface area (Å²) in [5.41, 5.74) is 13.5. The van der Waals surface area contributed by atoms with E-state index in [-0.39, 0.29) is 0 Å². The molecule has 0 aliphatic carbocycles. The van der Waals surface area contributed by atoms with Gasteiger partial charge in [0, 0.05) is 27.5 Å². The fourth-order valence-corrected chi connectivity index (χ4v) is 8.22. The van der Waals surface area contributed by atoms with Gasteiger partial charge in [0.05, 0.1) is 0 Å². The van der Waals surface area contributed by atoms with Crippen LogP contribution in [-0.4, -0.2) is 15.0 Å². The predicted molar refractivity (Wildman–Crippen MR) is 243 cm³/mol. The summed E-state index contributed by atoms with van der Waals surface area (Å²) in [4.78, 5) is 15.5. The fourth-order valence-electron chi connectivity index (χ4n) is 8.22. The van der Waals surface area contributed by atoms with Crippen molar-refractivity contribution in [3.05, 3.63) is 212 Å². The largest absolute Gasteiger partial charge is 0.456 e. The molecule has 0 spiro atoms. The number of fused-ring (bicyclic) bond motifs is 4. The number of hydrogen-bond donors (Lipinski definition) is 0. The number of rotatable bonds is 7. The Morgan fingerprint density at radius 2 is 0.746 bits per heavy atom. The third kappa shape index (κ3) is 6.43. The highest BCUT2D eigenvalue weighted by Gasteiger charge is 2.17. The number of nitrogens with zero attached hydrogens (tertiary/aromatic N) is 3. The van der Waals surface area contributed by atoms with Gasteiger partial charge in [0.1, 0.15) is 11.2 Å². The predicted octanol–water partition coefficient (Wildman–Crippen LogP) is 14.6. The maximum atomic E-state index is 6.20. The monoisotopic (exact) mass is 753 g/mol. The third-order valence-electron chi connectivity index (χ3n) is 11.1. The Labute approximate surface area is 341 Å². The molecule has 0 atom stereocenters. The Morgan fingerprint density at radius 3 is 1.47 bits per heavy atom. The molecule has 4 nitrogen and oxygen atoms in total. The molecule has 4 heteroatoms. The molecule has 0 saturated heterocycles. The lowest BCUT2D eigenvalue weighted by atomic mass is 9.95. The molecular formula is C55H35N3O. The zero-order chi connectivity index (χ0) is 39.1. The van der Waals surface area contributed by atoms with E-state index >= 15 is 0 Å². The molecule has 11 aromatic rings. The fraction of sp³-hybridized carbons (Fsp3) is 0. The average molecular weight is 754 g/mol. The molecule has 2 heterocycles. The Balaban J connectivity index is 1.00. The second-order valence-electron chi connectivity index (χ2n) is 14.8. The molecular weight excluding hydrogens is 719 g/mol. The molecule has 0 radical (unpaired) electrons. The van der Waals surface area contributed by atoms with Gasteiger partial charge in [-0.05, 0) is 91.7 Å². The van der Waals surface area contributed by atoms with Crippen molar-refractivity contribution in [3.8, 4) is 78.7 Å². The second kappa shape index (κ2) is 14.5. The minimum atomic E-state index is 0.617. The average Bonchev–Trinajstić information content (AvgIpc) is 3.71. The van der Waals surface area contributed by atoms with Crippen LogP contribution >= 0.6 is 0 Å². The van der Waals surface area contributed by atoms with Gasteiger partial charge in [-0.2, -0.15) is 0 Å². The maximum absolute atomic E-state index is 6.20. The molecule has 0 unspecified atom stereocenters. The topological polar surface area (TPSA) is 51.8 Å². The number of benzene rings is 9. The van der Waals surface area contributed by atoms with Crippen LogP contribution in [0.2, 0.25) is 0 Å². The standard InChI is InChI=1S/C55H35N3O/c1-3-14-36(15-4-1)38-18-11-20-44(34-38)53-56-54(58-55(57-53)48-23-8-7-22-46(48)37-16-5-2-6-17-37)45-21-12-19-39(35-45)40-28-29-42-33-43(31-30-41(42)32-40)47-25-13-27-51-52(47)49-24-9-10-26-50(49)59-51/h1-35H. The van der Waals surface area contributed by atoms with E-state index in [2.05, 4.69) is 176 Å². The molecule has 0 aliphatic heterocycles. The normalized spacial score (nSPS) is 11.4. The van der Waals surface area contributed by atoms with Crippen molar-refractivity contribution < 1.29 is 4.42 Å². The summed E-state index contributed by atoms with van der Waals surface area (Å²) in [6.07, 6.45) is 0. The van der Waals surface area contributed by atoms with E-state index in [0.717, 1.165) is 77.6 Å². The van der Waals surface area contributed by atoms with E-state index < -0.39 is 0 Å². The van der Waals surface area contributed by atoms with Crippen LogP contribution in [0.5, 0.6) is 0 Å². The van der Waals surface area contributed by atoms with E-state index in [4.69, 9.17) is 19.4 Å². The van der Waals surface area contributed by atoms with Gasteiger partial charge < -0.3 is 4.42 Å². The molecule has 0 saturated carbocycles. The molecule has 0 fully saturated rings. The Hall–Kier alpha value is -7.95. The molecule has 9 aromatic carbocycles. The lowest BCUT2D eigenvalue weighted by Gasteiger charge is -2.13. The van der Waals surface area contributed by atoms with E-state index in [1.807, 2.05) is 36.4 Å². The molecule has 0 N–H and O–H groups in total. The summed E-state index contributed by atoms with van der Waals surface area (Å²) in [6.45, 7) is 0. The smallest absolute Gasteiger partial charge is 0.164 e. The first-order chi connectivity index (χ1) is 29.2. The SMILES string of the molecule is c1ccc(-c2cccc(-c3nc(-c4cccc(-c5ccc6cc(-c7cccc8oc9ccccc9c78)ccc6c5)c4)nc(-c4ccccc4-c4ccccc4)n3)c2)cc1. The number of para-hydroxylation sites is 1. The highest BCUT2D eigenvalue weighted by atomic mass is 16.3. The van der Waals surface area contributed by atoms with Crippen LogP contribution in [0.25, 0.3) is 111 Å². The van der Waals surface area contributed by atoms with Gasteiger partial charge in [0.15, 0.2) is 17.5 Å². The summed E-state index contributed by atoms with van der Waals surface area (Å²) in [6, 6.07) is 74.1. The van der Waals surface area contributed by atoms with Gasteiger partial charge in [-0.3, -0.25) is 0 Å². The second-order valence-corrected chi connectivity index (χ2v) is 14.8. The molecule has 0 bridgehead atoms. The lowest BCUT2D eigenvalue weighted by Crippen LogP contribution is -2.01. The minimum absolute atomic E-state index is 0.617. The van der Waals surface area contributed by atoms with Crippen LogP contribution in [0.4, 0.5) is 0 Å². The van der Waals surface area contributed by atoms with Crippen LogP contribution in [0, 0.1) is 0 Å². The van der Waals surface area contributed by atoms with Crippen molar-refractivity contribution in [1.29, 1.82) is 0 Å². The summed E-state index contributed by atoms with van der Waals surface area (Å²) < 4.78 is 6.20. The summed E-state index contributed by atoms with van der Waals surface area (Å²) in [5.74, 6) is 1.86. The van der Waals surface area contributed by atoms with Crippen molar-refractivity contribution in [2.75, 3.05) is 0 Å². The van der Waals surface area contributed by atoms with Crippen LogP contribution in [0.1, 0.15) is 0 Å². The highest BCUT2D eigenvalue weighted by molar-refractivity contribution is 6.13. The van der Waals surface area contributed by atoms with Crippen LogP contribution < -0.4 is 0 Å². The Bertz CT molecular complexity index is 3330. The lowest BCUT2D eigenvalue weighted by molar-refractivity contribution is 0.669. The highest BCUT2D eigenvalue weighted by Crippen LogP contribution is 2.39. The molecule has 11 rings (SSSR count). The van der Waals surface area contributed by atoms with Crippen LogP contribution in [0.3, 0.4) is 0 Å². The van der Waals surface area contributed by atoms with Gasteiger partial charge in [-0.15, -0.1) is 0 Å². The molecule has 0 aliphatic rings. The maximum Gasteiger partial charge on any atom is 0.164 e. The van der Waals surface area contributed by atoms with Gasteiger partial charge in [0.2, 0.25) is 0 Å². The Kier molecular flexibility index (Phi) is 8.45. The van der Waals surface area contributed by atoms with Crippen LogP contribution in [0.15, 0.2) is 217 Å². The first-order valence-electron chi connectivity index (χ1n) is 19.8. The number of furan rings is 1. The van der Waals surface area contributed by atoms with Crippen molar-refractivity contribution in [2.45, 2.75) is 0 Å². The Morgan fingerprint density at radius 1 is 0.271 bits per heavy atom.